The molecule has 0 fully saturated rings. The van der Waals surface area contributed by atoms with E-state index >= 15 is 0 Å². The Morgan fingerprint density at radius 1 is 0.266 bits per heavy atom. The maximum Gasteiger partial charge on any atom is 0.306 e. The minimum atomic E-state index is -0.796. The molecular formula is C73H122O6. The quantitative estimate of drug-likeness (QED) is 0.0261. The third-order valence-electron chi connectivity index (χ3n) is 13.9. The molecule has 0 radical (unpaired) electrons. The van der Waals surface area contributed by atoms with Gasteiger partial charge in [0.25, 0.3) is 0 Å². The molecule has 0 saturated carbocycles. The normalized spacial score (nSPS) is 12.9. The smallest absolute Gasteiger partial charge is 0.306 e. The van der Waals surface area contributed by atoms with Gasteiger partial charge in [-0.05, 0) is 128 Å². The molecule has 0 spiro atoms. The number of rotatable bonds is 59. The fourth-order valence-corrected chi connectivity index (χ4v) is 9.04. The van der Waals surface area contributed by atoms with Crippen molar-refractivity contribution in [1.29, 1.82) is 0 Å². The van der Waals surface area contributed by atoms with Gasteiger partial charge in [0.2, 0.25) is 0 Å². The summed E-state index contributed by atoms with van der Waals surface area (Å²) in [6, 6.07) is 0. The zero-order chi connectivity index (χ0) is 57.1. The third-order valence-corrected chi connectivity index (χ3v) is 13.9. The molecule has 0 aromatic rings. The third kappa shape index (κ3) is 64.5. The van der Waals surface area contributed by atoms with E-state index in [1.54, 1.807) is 0 Å². The molecule has 0 aromatic heterocycles. The molecular weight excluding hydrogens is 973 g/mol. The average molecular weight is 1100 g/mol. The Balaban J connectivity index is 4.39. The number of esters is 3. The molecule has 6 nitrogen and oxygen atoms in total. The van der Waals surface area contributed by atoms with Crippen molar-refractivity contribution in [1.82, 2.24) is 0 Å². The summed E-state index contributed by atoms with van der Waals surface area (Å²) < 4.78 is 16.9. The molecule has 450 valence electrons. The molecule has 0 aliphatic rings. The van der Waals surface area contributed by atoms with Crippen LogP contribution in [0.15, 0.2) is 122 Å². The van der Waals surface area contributed by atoms with Crippen LogP contribution in [0.25, 0.3) is 0 Å². The first-order chi connectivity index (χ1) is 39.0. The predicted molar refractivity (Wildman–Crippen MR) is 343 cm³/mol. The Morgan fingerprint density at radius 3 is 0.772 bits per heavy atom. The highest BCUT2D eigenvalue weighted by Gasteiger charge is 2.19. The predicted octanol–water partition coefficient (Wildman–Crippen LogP) is 22.8. The molecule has 0 aromatic carbocycles. The Hall–Kier alpha value is -4.19. The van der Waals surface area contributed by atoms with Crippen LogP contribution in [0.1, 0.15) is 303 Å². The second kappa shape index (κ2) is 66.3. The van der Waals surface area contributed by atoms with Gasteiger partial charge in [0.1, 0.15) is 13.2 Å². The van der Waals surface area contributed by atoms with Crippen LogP contribution in [0.4, 0.5) is 0 Å². The van der Waals surface area contributed by atoms with Gasteiger partial charge in [0.05, 0.1) is 0 Å². The lowest BCUT2D eigenvalue weighted by atomic mass is 10.0. The zero-order valence-electron chi connectivity index (χ0n) is 51.6. The van der Waals surface area contributed by atoms with Crippen LogP contribution < -0.4 is 0 Å². The van der Waals surface area contributed by atoms with E-state index in [9.17, 15) is 14.4 Å². The summed E-state index contributed by atoms with van der Waals surface area (Å²) >= 11 is 0. The summed E-state index contributed by atoms with van der Waals surface area (Å²) in [7, 11) is 0. The van der Waals surface area contributed by atoms with Gasteiger partial charge in [-0.1, -0.05) is 277 Å². The fraction of sp³-hybridized carbons (Fsp3) is 0.685. The Bertz CT molecular complexity index is 1640. The van der Waals surface area contributed by atoms with E-state index < -0.39 is 6.10 Å². The number of hydrogen-bond donors (Lipinski definition) is 0. The summed E-state index contributed by atoms with van der Waals surface area (Å²) in [4.78, 5) is 38.4. The number of allylic oxidation sites excluding steroid dienone is 20. The first-order valence-electron chi connectivity index (χ1n) is 33.0. The SMILES string of the molecule is CC/C=C\C/C=C\C/C=C\C/C=C\CCCCCCCCCCCCCCC(=O)OCC(COC(=O)CCCCCC/C=C\C/C=C\C/C=C\C/C=C\CC)OC(=O)CCCCCCCCCCC/C=C\C/C=C\CCCCC. The molecule has 0 rings (SSSR count). The van der Waals surface area contributed by atoms with Crippen LogP contribution in [-0.2, 0) is 28.6 Å². The van der Waals surface area contributed by atoms with E-state index in [2.05, 4.69) is 142 Å². The molecule has 0 bridgehead atoms. The first kappa shape index (κ1) is 74.8. The van der Waals surface area contributed by atoms with Gasteiger partial charge in [-0.25, -0.2) is 0 Å². The Kier molecular flexibility index (Phi) is 62.8. The van der Waals surface area contributed by atoms with Crippen molar-refractivity contribution >= 4 is 17.9 Å². The van der Waals surface area contributed by atoms with E-state index in [4.69, 9.17) is 14.2 Å². The topological polar surface area (TPSA) is 78.9 Å². The van der Waals surface area contributed by atoms with E-state index in [-0.39, 0.29) is 31.1 Å². The minimum Gasteiger partial charge on any atom is -0.462 e. The minimum absolute atomic E-state index is 0.0900. The molecule has 1 unspecified atom stereocenters. The zero-order valence-corrected chi connectivity index (χ0v) is 51.6. The lowest BCUT2D eigenvalue weighted by molar-refractivity contribution is -0.167. The van der Waals surface area contributed by atoms with Crippen LogP contribution in [-0.4, -0.2) is 37.2 Å². The van der Waals surface area contributed by atoms with Crippen molar-refractivity contribution in [3.63, 3.8) is 0 Å². The number of hydrogen-bond acceptors (Lipinski definition) is 6. The molecule has 0 amide bonds. The van der Waals surface area contributed by atoms with Crippen LogP contribution >= 0.6 is 0 Å². The molecule has 0 aliphatic carbocycles. The van der Waals surface area contributed by atoms with Crippen LogP contribution in [0.3, 0.4) is 0 Å². The highest BCUT2D eigenvalue weighted by molar-refractivity contribution is 5.71. The number of carbonyl (C=O) groups excluding carboxylic acids is 3. The summed E-state index contributed by atoms with van der Waals surface area (Å²) in [5, 5.41) is 0. The van der Waals surface area contributed by atoms with Gasteiger partial charge in [-0.15, -0.1) is 0 Å². The number of ether oxygens (including phenoxy) is 3. The van der Waals surface area contributed by atoms with Crippen molar-refractivity contribution in [2.45, 2.75) is 309 Å². The molecule has 6 heteroatoms. The highest BCUT2D eigenvalue weighted by Crippen LogP contribution is 2.16. The standard InChI is InChI=1S/C73H122O6/c1-4-7-10-13-16-19-22-25-28-31-33-34-35-36-37-38-40-42-45-48-51-54-57-60-63-66-72(75)78-69-70(68-77-71(74)65-62-59-56-53-50-47-44-41-30-27-24-21-18-15-12-9-6-3)79-73(76)67-64-61-58-55-52-49-46-43-39-32-29-26-23-20-17-14-11-8-5-2/h7,9-10,12,16-21,25-30,33-34,44,47,70H,4-6,8,11,13-15,22-24,31-32,35-43,45-46,48-69H2,1-3H3/b10-7-,12-9-,19-16-,20-17-,21-18-,28-25-,29-26-,30-27-,34-33-,47-44-. The monoisotopic (exact) mass is 1090 g/mol. The largest absolute Gasteiger partial charge is 0.462 e. The first-order valence-corrected chi connectivity index (χ1v) is 33.0. The Labute approximate surface area is 488 Å². The van der Waals surface area contributed by atoms with Crippen molar-refractivity contribution in [3.8, 4) is 0 Å². The van der Waals surface area contributed by atoms with Crippen molar-refractivity contribution in [3.05, 3.63) is 122 Å². The van der Waals surface area contributed by atoms with Crippen LogP contribution in [0, 0.1) is 0 Å². The van der Waals surface area contributed by atoms with Gasteiger partial charge in [-0.2, -0.15) is 0 Å². The molecule has 0 saturated heterocycles. The van der Waals surface area contributed by atoms with Crippen LogP contribution in [0.2, 0.25) is 0 Å². The van der Waals surface area contributed by atoms with E-state index in [0.29, 0.717) is 19.3 Å². The van der Waals surface area contributed by atoms with E-state index in [0.717, 1.165) is 128 Å². The number of unbranched alkanes of at least 4 members (excludes halogenated alkanes) is 28. The average Bonchev–Trinajstić information content (AvgIpc) is 3.45. The summed E-state index contributed by atoms with van der Waals surface area (Å²) in [6.45, 7) is 6.39. The molecule has 0 heterocycles. The van der Waals surface area contributed by atoms with Crippen molar-refractivity contribution in [2.24, 2.45) is 0 Å². The van der Waals surface area contributed by atoms with Crippen molar-refractivity contribution in [2.75, 3.05) is 13.2 Å². The van der Waals surface area contributed by atoms with Crippen LogP contribution in [0.5, 0.6) is 0 Å². The van der Waals surface area contributed by atoms with E-state index in [1.807, 2.05) is 0 Å². The Morgan fingerprint density at radius 2 is 0.494 bits per heavy atom. The summed E-state index contributed by atoms with van der Waals surface area (Å²) in [6.07, 6.45) is 92.0. The second-order valence-corrected chi connectivity index (χ2v) is 21.6. The molecule has 0 N–H and O–H groups in total. The molecule has 1 atom stereocenters. The van der Waals surface area contributed by atoms with Gasteiger partial charge in [0, 0.05) is 19.3 Å². The van der Waals surface area contributed by atoms with Gasteiger partial charge < -0.3 is 14.2 Å². The maximum absolute atomic E-state index is 12.9. The lowest BCUT2D eigenvalue weighted by Gasteiger charge is -2.18. The number of carbonyl (C=O) groups is 3. The summed E-state index contributed by atoms with van der Waals surface area (Å²) in [5.74, 6) is -0.913. The van der Waals surface area contributed by atoms with Gasteiger partial charge >= 0.3 is 17.9 Å². The fourth-order valence-electron chi connectivity index (χ4n) is 9.04. The molecule has 0 aliphatic heterocycles. The maximum atomic E-state index is 12.9. The highest BCUT2D eigenvalue weighted by atomic mass is 16.6. The lowest BCUT2D eigenvalue weighted by Crippen LogP contribution is -2.30. The van der Waals surface area contributed by atoms with Crippen molar-refractivity contribution < 1.29 is 28.6 Å². The summed E-state index contributed by atoms with van der Waals surface area (Å²) in [5.41, 5.74) is 0. The van der Waals surface area contributed by atoms with Gasteiger partial charge in [0.15, 0.2) is 6.10 Å². The molecule has 79 heavy (non-hydrogen) atoms. The second-order valence-electron chi connectivity index (χ2n) is 21.6. The van der Waals surface area contributed by atoms with E-state index in [1.165, 1.54) is 135 Å². The van der Waals surface area contributed by atoms with Gasteiger partial charge in [-0.3, -0.25) is 14.4 Å².